The second kappa shape index (κ2) is 5.37. The van der Waals surface area contributed by atoms with Crippen LogP contribution in [0, 0.1) is 0 Å². The summed E-state index contributed by atoms with van der Waals surface area (Å²) in [6.45, 7) is 4.52. The Kier molecular flexibility index (Phi) is 3.62. The molecule has 1 saturated heterocycles. The first-order valence-corrected chi connectivity index (χ1v) is 7.02. The number of benzene rings is 1. The predicted octanol–water partition coefficient (Wildman–Crippen LogP) is 2.83. The second-order valence-corrected chi connectivity index (χ2v) is 5.41. The molecule has 98 valence electrons. The fourth-order valence-electron chi connectivity index (χ4n) is 2.55. The zero-order valence-corrected chi connectivity index (χ0v) is 11.2. The maximum atomic E-state index is 6.49. The molecule has 0 radical (unpaired) electrons. The molecule has 3 rings (SSSR count). The fourth-order valence-corrected chi connectivity index (χ4v) is 2.88. The summed E-state index contributed by atoms with van der Waals surface area (Å²) < 4.78 is 11.1. The van der Waals surface area contributed by atoms with Crippen LogP contribution in [-0.2, 0) is 0 Å². The van der Waals surface area contributed by atoms with E-state index in [0.29, 0.717) is 13.2 Å². The first-order valence-electron chi connectivity index (χ1n) is 6.59. The number of nitrogens with zero attached hydrogens (tertiary/aromatic N) is 1. The van der Waals surface area contributed by atoms with E-state index in [9.17, 15) is 0 Å². The van der Waals surface area contributed by atoms with Crippen LogP contribution in [0.15, 0.2) is 18.2 Å². The Hall–Kier alpha value is -0.930. The minimum atomic E-state index is 0.0268. The summed E-state index contributed by atoms with van der Waals surface area (Å²) in [6.07, 6.45) is 2.59. The molecule has 2 heterocycles. The highest BCUT2D eigenvalue weighted by molar-refractivity contribution is 6.21. The highest BCUT2D eigenvalue weighted by atomic mass is 35.5. The van der Waals surface area contributed by atoms with Crippen molar-refractivity contribution >= 4 is 11.6 Å². The third-order valence-corrected chi connectivity index (χ3v) is 3.94. The van der Waals surface area contributed by atoms with E-state index in [-0.39, 0.29) is 5.38 Å². The predicted molar refractivity (Wildman–Crippen MR) is 71.7 cm³/mol. The van der Waals surface area contributed by atoms with E-state index in [1.807, 2.05) is 18.2 Å². The number of ether oxygens (including phenoxy) is 2. The van der Waals surface area contributed by atoms with Crippen molar-refractivity contribution in [1.82, 2.24) is 4.90 Å². The first kappa shape index (κ1) is 12.1. The molecule has 0 aromatic heterocycles. The molecule has 1 unspecified atom stereocenters. The van der Waals surface area contributed by atoms with E-state index in [0.717, 1.165) is 23.6 Å². The standard InChI is InChI=1S/C14H18ClNO2/c15-12(10-16-5-1-2-6-16)11-3-4-13-14(9-11)18-8-7-17-13/h3-4,9,12H,1-2,5-8,10H2. The third-order valence-electron chi connectivity index (χ3n) is 3.55. The van der Waals surface area contributed by atoms with Crippen molar-refractivity contribution in [3.63, 3.8) is 0 Å². The third kappa shape index (κ3) is 2.57. The Morgan fingerprint density at radius 2 is 1.83 bits per heavy atom. The lowest BCUT2D eigenvalue weighted by atomic mass is 10.1. The molecule has 2 aliphatic rings. The molecule has 4 heteroatoms. The monoisotopic (exact) mass is 267 g/mol. The van der Waals surface area contributed by atoms with Crippen LogP contribution in [0.4, 0.5) is 0 Å². The van der Waals surface area contributed by atoms with Crippen LogP contribution in [0.3, 0.4) is 0 Å². The lowest BCUT2D eigenvalue weighted by molar-refractivity contribution is 0.171. The summed E-state index contributed by atoms with van der Waals surface area (Å²) in [5.41, 5.74) is 1.12. The maximum absolute atomic E-state index is 6.49. The Balaban J connectivity index is 1.70. The number of fused-ring (bicyclic) bond motifs is 1. The SMILES string of the molecule is ClC(CN1CCCC1)c1ccc2c(c1)OCCO2. The Morgan fingerprint density at radius 3 is 2.61 bits per heavy atom. The Morgan fingerprint density at radius 1 is 1.11 bits per heavy atom. The summed E-state index contributed by atoms with van der Waals surface area (Å²) in [7, 11) is 0. The summed E-state index contributed by atoms with van der Waals surface area (Å²) in [5, 5.41) is 0.0268. The molecule has 1 atom stereocenters. The van der Waals surface area contributed by atoms with Crippen molar-refractivity contribution in [3.8, 4) is 11.5 Å². The number of hydrogen-bond acceptors (Lipinski definition) is 3. The number of alkyl halides is 1. The molecule has 18 heavy (non-hydrogen) atoms. The van der Waals surface area contributed by atoms with Gasteiger partial charge in [0.1, 0.15) is 13.2 Å². The van der Waals surface area contributed by atoms with Crippen molar-refractivity contribution in [2.75, 3.05) is 32.8 Å². The van der Waals surface area contributed by atoms with Gasteiger partial charge in [0.05, 0.1) is 5.38 Å². The highest BCUT2D eigenvalue weighted by Gasteiger charge is 2.19. The molecule has 0 saturated carbocycles. The van der Waals surface area contributed by atoms with Gasteiger partial charge in [-0.25, -0.2) is 0 Å². The number of hydrogen-bond donors (Lipinski definition) is 0. The summed E-state index contributed by atoms with van der Waals surface area (Å²) in [5.74, 6) is 1.65. The van der Waals surface area contributed by atoms with Gasteiger partial charge in [0.15, 0.2) is 11.5 Å². The zero-order chi connectivity index (χ0) is 12.4. The average molecular weight is 268 g/mol. The van der Waals surface area contributed by atoms with Crippen LogP contribution in [0.2, 0.25) is 0 Å². The van der Waals surface area contributed by atoms with Gasteiger partial charge in [-0.1, -0.05) is 6.07 Å². The van der Waals surface area contributed by atoms with Gasteiger partial charge in [-0.3, -0.25) is 0 Å². The number of halogens is 1. The van der Waals surface area contributed by atoms with Gasteiger partial charge in [-0.2, -0.15) is 0 Å². The number of likely N-dealkylation sites (tertiary alicyclic amines) is 1. The lowest BCUT2D eigenvalue weighted by Crippen LogP contribution is -2.23. The Bertz CT molecular complexity index is 418. The molecule has 0 amide bonds. The van der Waals surface area contributed by atoms with Gasteiger partial charge in [0.2, 0.25) is 0 Å². The molecule has 0 N–H and O–H groups in total. The van der Waals surface area contributed by atoms with Crippen LogP contribution in [0.25, 0.3) is 0 Å². The van der Waals surface area contributed by atoms with E-state index in [2.05, 4.69) is 4.90 Å². The molecule has 0 aliphatic carbocycles. The van der Waals surface area contributed by atoms with Gasteiger partial charge < -0.3 is 14.4 Å². The topological polar surface area (TPSA) is 21.7 Å². The van der Waals surface area contributed by atoms with Gasteiger partial charge in [0.25, 0.3) is 0 Å². The van der Waals surface area contributed by atoms with Crippen molar-refractivity contribution in [3.05, 3.63) is 23.8 Å². The van der Waals surface area contributed by atoms with Crippen LogP contribution in [-0.4, -0.2) is 37.7 Å². The molecular formula is C14H18ClNO2. The van der Waals surface area contributed by atoms with Crippen LogP contribution < -0.4 is 9.47 Å². The van der Waals surface area contributed by atoms with E-state index >= 15 is 0 Å². The highest BCUT2D eigenvalue weighted by Crippen LogP contribution is 2.34. The molecule has 1 fully saturated rings. The average Bonchev–Trinajstić information content (AvgIpc) is 2.91. The molecule has 1 aromatic carbocycles. The smallest absolute Gasteiger partial charge is 0.161 e. The van der Waals surface area contributed by atoms with Crippen LogP contribution >= 0.6 is 11.6 Å². The first-order chi connectivity index (χ1) is 8.83. The summed E-state index contributed by atoms with van der Waals surface area (Å²) in [6, 6.07) is 6.02. The quantitative estimate of drug-likeness (QED) is 0.786. The molecule has 1 aromatic rings. The molecular weight excluding hydrogens is 250 g/mol. The van der Waals surface area contributed by atoms with Gasteiger partial charge >= 0.3 is 0 Å². The molecule has 0 spiro atoms. The summed E-state index contributed by atoms with van der Waals surface area (Å²) in [4.78, 5) is 2.43. The van der Waals surface area contributed by atoms with Crippen molar-refractivity contribution in [2.24, 2.45) is 0 Å². The van der Waals surface area contributed by atoms with Crippen molar-refractivity contribution in [1.29, 1.82) is 0 Å². The molecule has 0 bridgehead atoms. The van der Waals surface area contributed by atoms with Gasteiger partial charge in [-0.05, 0) is 43.6 Å². The molecule has 2 aliphatic heterocycles. The minimum absolute atomic E-state index is 0.0268. The minimum Gasteiger partial charge on any atom is -0.486 e. The second-order valence-electron chi connectivity index (χ2n) is 4.88. The van der Waals surface area contributed by atoms with Gasteiger partial charge in [0, 0.05) is 6.54 Å². The maximum Gasteiger partial charge on any atom is 0.161 e. The molecule has 3 nitrogen and oxygen atoms in total. The lowest BCUT2D eigenvalue weighted by Gasteiger charge is -2.22. The largest absolute Gasteiger partial charge is 0.486 e. The fraction of sp³-hybridized carbons (Fsp3) is 0.571. The van der Waals surface area contributed by atoms with Gasteiger partial charge in [-0.15, -0.1) is 11.6 Å². The van der Waals surface area contributed by atoms with E-state index in [1.54, 1.807) is 0 Å². The van der Waals surface area contributed by atoms with E-state index in [4.69, 9.17) is 21.1 Å². The van der Waals surface area contributed by atoms with Crippen LogP contribution in [0.1, 0.15) is 23.8 Å². The van der Waals surface area contributed by atoms with Crippen molar-refractivity contribution in [2.45, 2.75) is 18.2 Å². The summed E-state index contributed by atoms with van der Waals surface area (Å²) >= 11 is 6.49. The normalized spacial score (nSPS) is 20.9. The number of rotatable bonds is 3. The van der Waals surface area contributed by atoms with E-state index in [1.165, 1.54) is 25.9 Å². The van der Waals surface area contributed by atoms with E-state index < -0.39 is 0 Å². The zero-order valence-electron chi connectivity index (χ0n) is 10.4. The van der Waals surface area contributed by atoms with Crippen molar-refractivity contribution < 1.29 is 9.47 Å². The Labute approximate surface area is 113 Å². The van der Waals surface area contributed by atoms with Crippen LogP contribution in [0.5, 0.6) is 11.5 Å².